The van der Waals surface area contributed by atoms with Crippen LogP contribution in [0.5, 0.6) is 5.75 Å². The number of alkyl halides is 3. The molecule has 0 radical (unpaired) electrons. The highest BCUT2D eigenvalue weighted by atomic mass is 32.2. The Morgan fingerprint density at radius 1 is 1.11 bits per heavy atom. The molecule has 0 atom stereocenters. The zero-order chi connectivity index (χ0) is 13.4. The van der Waals surface area contributed by atoms with E-state index in [1.807, 2.05) is 0 Å². The molecule has 1 aromatic rings. The molecule has 18 heavy (non-hydrogen) atoms. The zero-order valence-corrected chi connectivity index (χ0v) is 9.49. The molecule has 0 saturated carbocycles. The highest BCUT2D eigenvalue weighted by molar-refractivity contribution is 8.08. The Balaban J connectivity index is 2.18. The molecule has 1 aliphatic rings. The molecule has 4 nitrogen and oxygen atoms in total. The number of aliphatic imine (C=N–C) groups is 1. The first-order valence-electron chi connectivity index (χ1n) is 4.63. The number of hydrogen-bond acceptors (Lipinski definition) is 4. The maximum absolute atomic E-state index is 12.3. The van der Waals surface area contributed by atoms with Crippen LogP contribution in [0.4, 0.5) is 13.2 Å². The predicted octanol–water partition coefficient (Wildman–Crippen LogP) is 2.34. The van der Waals surface area contributed by atoms with Crippen molar-refractivity contribution in [3.8, 4) is 5.75 Å². The number of halogens is 3. The molecule has 0 spiro atoms. The second-order valence-corrected chi connectivity index (χ2v) is 5.06. The molecule has 1 heterocycles. The van der Waals surface area contributed by atoms with Gasteiger partial charge in [0.25, 0.3) is 9.84 Å². The average Bonchev–Trinajstić information content (AvgIpc) is 2.58. The van der Waals surface area contributed by atoms with E-state index in [0.717, 1.165) is 35.9 Å². The van der Waals surface area contributed by atoms with Gasteiger partial charge in [0.1, 0.15) is 5.75 Å². The predicted molar refractivity (Wildman–Crippen MR) is 57.6 cm³/mol. The zero-order valence-electron chi connectivity index (χ0n) is 8.68. The van der Waals surface area contributed by atoms with Crippen LogP contribution in [0.1, 0.15) is 5.56 Å². The van der Waals surface area contributed by atoms with Crippen molar-refractivity contribution in [2.45, 2.75) is 6.18 Å². The van der Waals surface area contributed by atoms with Gasteiger partial charge in [0.15, 0.2) is 0 Å². The lowest BCUT2D eigenvalue weighted by Gasteiger charge is -2.08. The van der Waals surface area contributed by atoms with E-state index in [9.17, 15) is 21.6 Å². The average molecular weight is 277 g/mol. The van der Waals surface area contributed by atoms with Gasteiger partial charge >= 0.3 is 11.4 Å². The molecule has 0 N–H and O–H groups in total. The van der Waals surface area contributed by atoms with Gasteiger partial charge in [-0.2, -0.15) is 13.2 Å². The minimum absolute atomic E-state index is 0.0333. The highest BCUT2D eigenvalue weighted by Crippen LogP contribution is 2.30. The van der Waals surface area contributed by atoms with Gasteiger partial charge < -0.3 is 4.74 Å². The van der Waals surface area contributed by atoms with Gasteiger partial charge in [0, 0.05) is 6.20 Å². The summed E-state index contributed by atoms with van der Waals surface area (Å²) in [5, 5.41) is 0.286. The van der Waals surface area contributed by atoms with Crippen LogP contribution in [0.25, 0.3) is 0 Å². The van der Waals surface area contributed by atoms with E-state index in [4.69, 9.17) is 4.74 Å². The summed E-state index contributed by atoms with van der Waals surface area (Å²) in [5.74, 6) is -0.0333. The van der Waals surface area contributed by atoms with Gasteiger partial charge in [-0.15, -0.1) is 0 Å². The van der Waals surface area contributed by atoms with Crippen LogP contribution in [0.15, 0.2) is 40.9 Å². The standard InChI is InChI=1S/C10H6F3NO3S/c11-10(12,13)7-1-3-8(4-2-7)17-9-14-5-6-18(9,15)16/h1-6H. The monoisotopic (exact) mass is 277 g/mol. The van der Waals surface area contributed by atoms with Gasteiger partial charge in [-0.05, 0) is 24.3 Å². The second-order valence-electron chi connectivity index (χ2n) is 3.35. The summed E-state index contributed by atoms with van der Waals surface area (Å²) in [6.07, 6.45) is -3.41. The van der Waals surface area contributed by atoms with Crippen LogP contribution in [0.2, 0.25) is 0 Å². The summed E-state index contributed by atoms with van der Waals surface area (Å²) in [6.45, 7) is 0. The quantitative estimate of drug-likeness (QED) is 0.791. The molecular formula is C10H6F3NO3S. The molecule has 0 aliphatic carbocycles. The van der Waals surface area contributed by atoms with E-state index in [1.54, 1.807) is 0 Å². The van der Waals surface area contributed by atoms with Crippen LogP contribution >= 0.6 is 0 Å². The fourth-order valence-electron chi connectivity index (χ4n) is 1.20. The van der Waals surface area contributed by atoms with E-state index in [1.165, 1.54) is 0 Å². The molecule has 0 amide bonds. The largest absolute Gasteiger partial charge is 0.430 e. The van der Waals surface area contributed by atoms with Gasteiger partial charge in [0.2, 0.25) is 0 Å². The van der Waals surface area contributed by atoms with Crippen molar-refractivity contribution in [2.75, 3.05) is 0 Å². The maximum Gasteiger partial charge on any atom is 0.416 e. The molecule has 0 fully saturated rings. The first-order valence-corrected chi connectivity index (χ1v) is 6.18. The van der Waals surface area contributed by atoms with Crippen molar-refractivity contribution in [1.29, 1.82) is 0 Å². The number of rotatable bonds is 1. The van der Waals surface area contributed by atoms with Crippen molar-refractivity contribution in [3.63, 3.8) is 0 Å². The van der Waals surface area contributed by atoms with Crippen molar-refractivity contribution in [2.24, 2.45) is 4.99 Å². The van der Waals surface area contributed by atoms with Gasteiger partial charge in [-0.3, -0.25) is 0 Å². The lowest BCUT2D eigenvalue weighted by Crippen LogP contribution is -2.16. The summed E-state index contributed by atoms with van der Waals surface area (Å²) in [5.41, 5.74) is -0.843. The normalized spacial score (nSPS) is 17.6. The van der Waals surface area contributed by atoms with Crippen molar-refractivity contribution in [3.05, 3.63) is 41.4 Å². The molecular weight excluding hydrogens is 271 g/mol. The van der Waals surface area contributed by atoms with Crippen LogP contribution in [-0.2, 0) is 16.0 Å². The first kappa shape index (κ1) is 12.6. The molecule has 1 aromatic carbocycles. The lowest BCUT2D eigenvalue weighted by atomic mass is 10.2. The lowest BCUT2D eigenvalue weighted by molar-refractivity contribution is -0.137. The summed E-state index contributed by atoms with van der Waals surface area (Å²) in [4.78, 5) is 3.46. The third-order valence-corrected chi connectivity index (χ3v) is 3.21. The minimum Gasteiger partial charge on any atom is -0.430 e. The smallest absolute Gasteiger partial charge is 0.416 e. The van der Waals surface area contributed by atoms with Crippen LogP contribution in [-0.4, -0.2) is 13.6 Å². The van der Waals surface area contributed by atoms with Gasteiger partial charge in [-0.1, -0.05) is 0 Å². The summed E-state index contributed by atoms with van der Waals surface area (Å²) >= 11 is 0. The van der Waals surface area contributed by atoms with Crippen LogP contribution < -0.4 is 4.74 Å². The topological polar surface area (TPSA) is 55.7 Å². The van der Waals surface area contributed by atoms with E-state index in [-0.39, 0.29) is 5.75 Å². The van der Waals surface area contributed by atoms with E-state index in [0.29, 0.717) is 0 Å². The summed E-state index contributed by atoms with van der Waals surface area (Å²) in [7, 11) is -3.70. The Labute approximate surface area is 100 Å². The maximum atomic E-state index is 12.3. The molecule has 1 aliphatic heterocycles. The molecule has 0 bridgehead atoms. The number of nitrogens with zero attached hydrogens (tertiary/aromatic N) is 1. The molecule has 8 heteroatoms. The van der Waals surface area contributed by atoms with Crippen molar-refractivity contribution >= 4 is 15.1 Å². The fourth-order valence-corrected chi connectivity index (χ4v) is 1.96. The first-order chi connectivity index (χ1) is 8.29. The van der Waals surface area contributed by atoms with Crippen molar-refractivity contribution in [1.82, 2.24) is 0 Å². The summed E-state index contributed by atoms with van der Waals surface area (Å²) in [6, 6.07) is 3.65. The third kappa shape index (κ3) is 2.53. The molecule has 0 unspecified atom stereocenters. The van der Waals surface area contributed by atoms with Crippen LogP contribution in [0.3, 0.4) is 0 Å². The van der Waals surface area contributed by atoms with E-state index >= 15 is 0 Å². The molecule has 2 rings (SSSR count). The Bertz CT molecular complexity index is 615. The van der Waals surface area contributed by atoms with Crippen LogP contribution in [0, 0.1) is 0 Å². The summed E-state index contributed by atoms with van der Waals surface area (Å²) < 4.78 is 64.3. The SMILES string of the molecule is O=S1(=O)C=CN=C1Oc1ccc(C(F)(F)F)cc1. The number of benzene rings is 1. The fraction of sp³-hybridized carbons (Fsp3) is 0.100. The van der Waals surface area contributed by atoms with E-state index in [2.05, 4.69) is 4.99 Å². The molecule has 0 saturated heterocycles. The number of ether oxygens (including phenoxy) is 1. The Hall–Kier alpha value is -1.83. The number of hydrogen-bond donors (Lipinski definition) is 0. The number of sulfone groups is 1. The van der Waals surface area contributed by atoms with E-state index < -0.39 is 26.8 Å². The Morgan fingerprint density at radius 2 is 1.72 bits per heavy atom. The highest BCUT2D eigenvalue weighted by Gasteiger charge is 2.30. The second kappa shape index (κ2) is 4.13. The molecule has 96 valence electrons. The minimum atomic E-state index is -4.45. The third-order valence-electron chi connectivity index (χ3n) is 2.05. The Kier molecular flexibility index (Phi) is 2.89. The van der Waals surface area contributed by atoms with Gasteiger partial charge in [0.05, 0.1) is 11.0 Å². The van der Waals surface area contributed by atoms with Crippen molar-refractivity contribution < 1.29 is 26.3 Å². The Morgan fingerprint density at radius 3 is 2.17 bits per heavy atom. The molecule has 0 aromatic heterocycles. The van der Waals surface area contributed by atoms with Gasteiger partial charge in [-0.25, -0.2) is 13.4 Å².